The number of allylic oxidation sites excluding steroid dienone is 2. The Bertz CT molecular complexity index is 2010. The summed E-state index contributed by atoms with van der Waals surface area (Å²) in [4.78, 5) is 60.9. The average molecular weight is 768 g/mol. The van der Waals surface area contributed by atoms with Crippen molar-refractivity contribution in [2.24, 2.45) is 68.0 Å². The molecule has 0 spiro atoms. The van der Waals surface area contributed by atoms with Crippen LogP contribution in [0.4, 0.5) is 0 Å². The zero-order valence-corrected chi connectivity index (χ0v) is 35.3. The first-order chi connectivity index (χ1) is 26.2. The van der Waals surface area contributed by atoms with Crippen LogP contribution in [-0.4, -0.2) is 44.8 Å². The Morgan fingerprint density at radius 2 is 1.66 bits per heavy atom. The first-order valence-corrected chi connectivity index (χ1v) is 21.6. The zero-order valence-electron chi connectivity index (χ0n) is 35.3. The first kappa shape index (κ1) is 39.3. The average Bonchev–Trinajstić information content (AvgIpc) is 3.69. The summed E-state index contributed by atoms with van der Waals surface area (Å²) in [5.74, 6) is -0.418. The minimum Gasteiger partial charge on any atom is -0.481 e. The van der Waals surface area contributed by atoms with Gasteiger partial charge in [-0.3, -0.25) is 19.2 Å². The molecular formula is C47H65N3O6. The van der Waals surface area contributed by atoms with Crippen LogP contribution in [0.2, 0.25) is 0 Å². The van der Waals surface area contributed by atoms with E-state index >= 15 is 0 Å². The number of esters is 1. The number of nitrogens with zero attached hydrogens (tertiary/aromatic N) is 1. The summed E-state index contributed by atoms with van der Waals surface area (Å²) in [6.07, 6.45) is 10.6. The summed E-state index contributed by atoms with van der Waals surface area (Å²) in [6.45, 7) is 20.8. The lowest BCUT2D eigenvalue weighted by molar-refractivity contribution is -0.236. The van der Waals surface area contributed by atoms with E-state index in [1.165, 1.54) is 5.57 Å². The Morgan fingerprint density at radius 3 is 2.36 bits per heavy atom. The fourth-order valence-corrected chi connectivity index (χ4v) is 14.8. The Kier molecular flexibility index (Phi) is 9.14. The number of imidazole rings is 1. The van der Waals surface area contributed by atoms with Gasteiger partial charge in [0.1, 0.15) is 6.10 Å². The molecular weight excluding hydrogens is 703 g/mol. The Morgan fingerprint density at radius 1 is 0.911 bits per heavy atom. The monoisotopic (exact) mass is 767 g/mol. The van der Waals surface area contributed by atoms with Crippen LogP contribution in [0.25, 0.3) is 11.0 Å². The van der Waals surface area contributed by atoms with Crippen molar-refractivity contribution in [1.82, 2.24) is 15.3 Å². The predicted octanol–water partition coefficient (Wildman–Crippen LogP) is 9.21. The van der Waals surface area contributed by atoms with Crippen molar-refractivity contribution >= 4 is 34.7 Å². The van der Waals surface area contributed by atoms with Crippen molar-refractivity contribution in [3.8, 4) is 0 Å². The highest BCUT2D eigenvalue weighted by Gasteiger charge is 2.70. The molecule has 0 saturated heterocycles. The molecule has 6 aliphatic carbocycles. The largest absolute Gasteiger partial charge is 0.481 e. The molecule has 1 heterocycles. The number of H-pyrrole nitrogens is 1. The maximum absolute atomic E-state index is 14.1. The molecule has 0 radical (unpaired) electrons. The maximum atomic E-state index is 14.1. The van der Waals surface area contributed by atoms with Crippen molar-refractivity contribution in [3.05, 3.63) is 41.2 Å². The molecule has 2 aromatic rings. The van der Waals surface area contributed by atoms with Gasteiger partial charge in [-0.1, -0.05) is 74.0 Å². The summed E-state index contributed by atoms with van der Waals surface area (Å²) in [5, 5.41) is 12.9. The van der Waals surface area contributed by atoms with Crippen LogP contribution in [0.3, 0.4) is 0 Å². The number of aromatic amines is 1. The number of aliphatic carboxylic acids is 1. The van der Waals surface area contributed by atoms with Gasteiger partial charge in [0.2, 0.25) is 5.91 Å². The summed E-state index contributed by atoms with van der Waals surface area (Å²) in [7, 11) is 0. The lowest BCUT2D eigenvalue weighted by Gasteiger charge is -2.72. The fourth-order valence-electron chi connectivity index (χ4n) is 14.8. The molecule has 9 heteroatoms. The number of carbonyl (C=O) groups excluding carboxylic acids is 3. The predicted molar refractivity (Wildman–Crippen MR) is 215 cm³/mol. The Labute approximate surface area is 333 Å². The van der Waals surface area contributed by atoms with E-state index in [1.807, 2.05) is 32.0 Å². The molecule has 3 N–H and O–H groups in total. The molecule has 56 heavy (non-hydrogen) atoms. The van der Waals surface area contributed by atoms with Gasteiger partial charge in [-0.2, -0.15) is 0 Å². The number of benzene rings is 1. The molecule has 0 aliphatic heterocycles. The van der Waals surface area contributed by atoms with Gasteiger partial charge < -0.3 is 20.1 Å². The third-order valence-corrected chi connectivity index (χ3v) is 18.1. The van der Waals surface area contributed by atoms with Crippen LogP contribution in [0.15, 0.2) is 35.7 Å². The second kappa shape index (κ2) is 13.0. The second-order valence-corrected chi connectivity index (χ2v) is 21.5. The number of hydrogen-bond acceptors (Lipinski definition) is 6. The van der Waals surface area contributed by atoms with E-state index in [4.69, 9.17) is 4.74 Å². The normalized spacial score (nSPS) is 39.6. The highest BCUT2D eigenvalue weighted by atomic mass is 16.5. The van der Waals surface area contributed by atoms with E-state index in [-0.39, 0.29) is 63.2 Å². The molecule has 0 bridgehead atoms. The molecule has 5 saturated carbocycles. The zero-order chi connectivity index (χ0) is 40.4. The number of carbonyl (C=O) groups is 4. The minimum atomic E-state index is -0.831. The summed E-state index contributed by atoms with van der Waals surface area (Å²) in [6, 6.07) is 6.02. The molecule has 1 amide bonds. The maximum Gasteiger partial charge on any atom is 0.309 e. The molecule has 6 aliphatic rings. The van der Waals surface area contributed by atoms with E-state index < -0.39 is 22.7 Å². The van der Waals surface area contributed by atoms with Gasteiger partial charge >= 0.3 is 11.9 Å². The molecule has 1 aromatic heterocycles. The lowest BCUT2D eigenvalue weighted by Crippen LogP contribution is -2.66. The molecule has 5 fully saturated rings. The Balaban J connectivity index is 1.02. The smallest absolute Gasteiger partial charge is 0.309 e. The number of Topliss-reactive ketones (excluding diaryl/α,β-unsaturated/α-hetero) is 1. The Hall–Kier alpha value is -3.49. The molecule has 10 atom stereocenters. The highest BCUT2D eigenvalue weighted by Crippen LogP contribution is 2.77. The number of fused-ring (bicyclic) bond motifs is 8. The number of ketones is 1. The number of aromatic nitrogens is 2. The molecule has 8 rings (SSSR count). The van der Waals surface area contributed by atoms with E-state index in [0.717, 1.165) is 73.5 Å². The van der Waals surface area contributed by atoms with Crippen molar-refractivity contribution in [2.75, 3.05) is 0 Å². The number of ether oxygens (including phenoxy) is 1. The number of rotatable bonds is 8. The standard InChI is InChI=1S/C47H65N3O6/c1-26(2)38-33(51)22-47(23-37(52)48-24-27-10-12-31-32(20-27)50-25-49-31)19-18-45(8)28(39(38)47)11-13-35-44(7)16-15-36(43(5,6)34(44)14-17-46(35,45)9)56-41(55)30-21-29(40(53)54)42(30,3)4/h10,12,20,25-26,28-30,34-36H,11,13-19,21-24H2,1-9H3,(H,48,52)(H,49,50)(H,53,54)/t28-,29+,30-,34+,35-,36+,44+,45-,46-,47+/m1/s1. The van der Waals surface area contributed by atoms with E-state index in [2.05, 4.69) is 63.8 Å². The highest BCUT2D eigenvalue weighted by molar-refractivity contribution is 6.01. The quantitative estimate of drug-likeness (QED) is 0.228. The van der Waals surface area contributed by atoms with Crippen LogP contribution in [0, 0.1) is 68.0 Å². The van der Waals surface area contributed by atoms with Crippen LogP contribution < -0.4 is 5.32 Å². The van der Waals surface area contributed by atoms with Crippen molar-refractivity contribution in [1.29, 1.82) is 0 Å². The van der Waals surface area contributed by atoms with Crippen LogP contribution >= 0.6 is 0 Å². The van der Waals surface area contributed by atoms with Gasteiger partial charge in [0.05, 0.1) is 29.2 Å². The topological polar surface area (TPSA) is 138 Å². The van der Waals surface area contributed by atoms with Gasteiger partial charge in [0.25, 0.3) is 0 Å². The van der Waals surface area contributed by atoms with Gasteiger partial charge in [-0.25, -0.2) is 4.98 Å². The minimum absolute atomic E-state index is 0.00655. The third kappa shape index (κ3) is 5.54. The second-order valence-electron chi connectivity index (χ2n) is 21.5. The van der Waals surface area contributed by atoms with E-state index in [1.54, 1.807) is 6.33 Å². The summed E-state index contributed by atoms with van der Waals surface area (Å²) in [5.41, 5.74) is 4.09. The molecule has 304 valence electrons. The third-order valence-electron chi connectivity index (χ3n) is 18.1. The fraction of sp³-hybridized carbons (Fsp3) is 0.723. The number of amides is 1. The molecule has 1 aromatic carbocycles. The van der Waals surface area contributed by atoms with Crippen LogP contribution in [0.1, 0.15) is 139 Å². The van der Waals surface area contributed by atoms with Crippen molar-refractivity contribution < 1.29 is 29.0 Å². The SMILES string of the molecule is CC(C)C1=C2[C@H]3CC[C@@H]4[C@@]5(C)CC[C@H](OC(=O)[C@H]6C[C@@H](C(=O)O)C6(C)C)C(C)(C)[C@@H]5CC[C@@]4(C)[C@]3(C)CC[C@@]2(CC(=O)NCc2ccc3nc[nH]c3c2)CC1=O. The van der Waals surface area contributed by atoms with Gasteiger partial charge in [-0.15, -0.1) is 0 Å². The van der Waals surface area contributed by atoms with E-state index in [9.17, 15) is 24.3 Å². The van der Waals surface area contributed by atoms with E-state index in [0.29, 0.717) is 37.6 Å². The first-order valence-electron chi connectivity index (χ1n) is 21.6. The summed E-state index contributed by atoms with van der Waals surface area (Å²) >= 11 is 0. The van der Waals surface area contributed by atoms with Crippen LogP contribution in [0.5, 0.6) is 0 Å². The van der Waals surface area contributed by atoms with Crippen molar-refractivity contribution in [3.63, 3.8) is 0 Å². The van der Waals surface area contributed by atoms with Gasteiger partial charge in [-0.05, 0) is 126 Å². The number of carboxylic acids is 1. The summed E-state index contributed by atoms with van der Waals surface area (Å²) < 4.78 is 6.42. The number of nitrogens with one attached hydrogen (secondary N) is 2. The number of carboxylic acid groups (broad SMARTS) is 1. The molecule has 9 nitrogen and oxygen atoms in total. The van der Waals surface area contributed by atoms with Crippen LogP contribution in [-0.2, 0) is 30.5 Å². The van der Waals surface area contributed by atoms with Crippen molar-refractivity contribution in [2.45, 2.75) is 146 Å². The van der Waals surface area contributed by atoms with Gasteiger partial charge in [0.15, 0.2) is 5.78 Å². The number of hydrogen-bond donors (Lipinski definition) is 3. The molecule has 0 unspecified atom stereocenters. The lowest BCUT2D eigenvalue weighted by atomic mass is 9.33. The van der Waals surface area contributed by atoms with Gasteiger partial charge in [0, 0.05) is 30.2 Å².